The molecule has 11 heteroatoms. The van der Waals surface area contributed by atoms with Crippen molar-refractivity contribution in [3.63, 3.8) is 0 Å². The molecule has 0 N–H and O–H groups in total. The monoisotopic (exact) mass is 480 g/mol. The van der Waals surface area contributed by atoms with E-state index in [0.29, 0.717) is 17.5 Å². The van der Waals surface area contributed by atoms with Gasteiger partial charge >= 0.3 is 23.2 Å². The third kappa shape index (κ3) is 7.73. The van der Waals surface area contributed by atoms with E-state index < -0.39 is 29.1 Å². The fourth-order valence-electron chi connectivity index (χ4n) is 2.52. The van der Waals surface area contributed by atoms with Gasteiger partial charge in [0.2, 0.25) is 0 Å². The fraction of sp³-hybridized carbons (Fsp3) is 0.400. The van der Waals surface area contributed by atoms with E-state index in [9.17, 15) is 26.2 Å². The van der Waals surface area contributed by atoms with Crippen molar-refractivity contribution in [3.05, 3.63) is 71.8 Å². The maximum atomic E-state index is 13.6. The van der Waals surface area contributed by atoms with Gasteiger partial charge in [-0.05, 0) is 17.5 Å². The molecule has 0 fully saturated rings. The minimum Gasteiger partial charge on any atom is -0.302 e. The van der Waals surface area contributed by atoms with Crippen molar-refractivity contribution in [2.24, 2.45) is 0 Å². The molecule has 0 amide bonds. The van der Waals surface area contributed by atoms with Crippen LogP contribution < -0.4 is 0 Å². The molecule has 2 aromatic carbocycles. The van der Waals surface area contributed by atoms with Gasteiger partial charge in [0.1, 0.15) is 0 Å². The van der Waals surface area contributed by atoms with Gasteiger partial charge < -0.3 is 9.05 Å². The van der Waals surface area contributed by atoms with Crippen LogP contribution in [0.25, 0.3) is 0 Å². The summed E-state index contributed by atoms with van der Waals surface area (Å²) < 4.78 is 90.9. The first-order chi connectivity index (χ1) is 14.6. The number of rotatable bonds is 12. The normalized spacial score (nSPS) is 13.8. The third-order valence-corrected chi connectivity index (χ3v) is 7.43. The Kier molecular flexibility index (Phi) is 9.27. The van der Waals surface area contributed by atoms with Gasteiger partial charge in [0.05, 0.1) is 13.2 Å². The Hall–Kier alpha value is -1.71. The fourth-order valence-corrected chi connectivity index (χ4v) is 5.34. The number of hydrogen-bond acceptors (Lipinski definition) is 6. The molecule has 0 spiro atoms. The van der Waals surface area contributed by atoms with E-state index in [-0.39, 0.29) is 26.1 Å². The second kappa shape index (κ2) is 11.2. The minimum atomic E-state index is -6.01. The van der Waals surface area contributed by atoms with Crippen LogP contribution in [0.3, 0.4) is 0 Å². The van der Waals surface area contributed by atoms with Crippen molar-refractivity contribution < 1.29 is 39.4 Å². The van der Waals surface area contributed by atoms with Crippen LogP contribution in [0, 0.1) is 0 Å². The molecule has 0 heterocycles. The van der Waals surface area contributed by atoms with E-state index >= 15 is 0 Å². The van der Waals surface area contributed by atoms with E-state index in [0.717, 1.165) is 0 Å². The average molecular weight is 480 g/mol. The van der Waals surface area contributed by atoms with Gasteiger partial charge in [-0.2, -0.15) is 21.6 Å². The number of unbranched alkanes of at least 4 members (excludes halogenated alkanes) is 1. The standard InChI is InChI=1S/C20H24F3O6PS/c1-2-3-14-19(29-31(25,26)20(21,22)23)30(24,27-15-17-10-6-4-7-11-17)28-16-18-12-8-5-9-13-18/h4-13,19H,2-3,14-16H2,1H3. The maximum absolute atomic E-state index is 13.6. The Labute approximate surface area is 180 Å². The van der Waals surface area contributed by atoms with Crippen LogP contribution in [0.4, 0.5) is 13.2 Å². The molecule has 0 aliphatic carbocycles. The Balaban J connectivity index is 2.32. The van der Waals surface area contributed by atoms with Gasteiger partial charge in [-0.3, -0.25) is 4.57 Å². The molecule has 0 radical (unpaired) electrons. The lowest BCUT2D eigenvalue weighted by Crippen LogP contribution is -2.31. The SMILES string of the molecule is CCCCC(OS(=O)(=O)C(F)(F)F)P(=O)(OCc1ccccc1)OCc1ccccc1. The molecule has 1 unspecified atom stereocenters. The van der Waals surface area contributed by atoms with Crippen LogP contribution in [0.1, 0.15) is 37.3 Å². The van der Waals surface area contributed by atoms with E-state index in [2.05, 4.69) is 4.18 Å². The topological polar surface area (TPSA) is 78.9 Å². The van der Waals surface area contributed by atoms with Crippen LogP contribution in [0.5, 0.6) is 0 Å². The summed E-state index contributed by atoms with van der Waals surface area (Å²) in [6, 6.07) is 17.0. The summed E-state index contributed by atoms with van der Waals surface area (Å²) >= 11 is 0. The Bertz CT molecular complexity index is 904. The molecule has 0 aliphatic heterocycles. The molecule has 2 rings (SSSR count). The van der Waals surface area contributed by atoms with E-state index in [4.69, 9.17) is 9.05 Å². The van der Waals surface area contributed by atoms with Crippen molar-refractivity contribution in [2.75, 3.05) is 0 Å². The second-order valence-corrected chi connectivity index (χ2v) is 10.4. The molecular formula is C20H24F3O6PS. The highest BCUT2D eigenvalue weighted by atomic mass is 32.2. The first-order valence-electron chi connectivity index (χ1n) is 9.53. The first kappa shape index (κ1) is 25.5. The van der Waals surface area contributed by atoms with Crippen molar-refractivity contribution in [3.8, 4) is 0 Å². The second-order valence-electron chi connectivity index (χ2n) is 6.65. The number of benzene rings is 2. The number of halogens is 3. The van der Waals surface area contributed by atoms with Crippen molar-refractivity contribution >= 4 is 17.7 Å². The molecular weight excluding hydrogens is 456 g/mol. The van der Waals surface area contributed by atoms with Gasteiger partial charge in [0.15, 0.2) is 5.85 Å². The molecule has 6 nitrogen and oxygen atoms in total. The van der Waals surface area contributed by atoms with Gasteiger partial charge in [0, 0.05) is 0 Å². The largest absolute Gasteiger partial charge is 0.523 e. The summed E-state index contributed by atoms with van der Waals surface area (Å²) in [4.78, 5) is 0. The van der Waals surface area contributed by atoms with E-state index in [1.165, 1.54) is 0 Å². The molecule has 0 saturated heterocycles. The Morgan fingerprint density at radius 2 is 1.35 bits per heavy atom. The lowest BCUT2D eigenvalue weighted by Gasteiger charge is -2.27. The van der Waals surface area contributed by atoms with E-state index in [1.807, 2.05) is 0 Å². The zero-order valence-electron chi connectivity index (χ0n) is 16.8. The summed E-state index contributed by atoms with van der Waals surface area (Å²) in [5.41, 5.74) is -4.50. The lowest BCUT2D eigenvalue weighted by molar-refractivity contribution is -0.0561. The Morgan fingerprint density at radius 1 is 0.903 bits per heavy atom. The molecule has 1 atom stereocenters. The Morgan fingerprint density at radius 3 is 1.74 bits per heavy atom. The lowest BCUT2D eigenvalue weighted by atomic mass is 10.2. The van der Waals surface area contributed by atoms with Crippen LogP contribution in [-0.4, -0.2) is 19.8 Å². The van der Waals surface area contributed by atoms with E-state index in [1.54, 1.807) is 67.6 Å². The highest BCUT2D eigenvalue weighted by molar-refractivity contribution is 7.87. The highest BCUT2D eigenvalue weighted by Crippen LogP contribution is 2.57. The molecule has 0 aromatic heterocycles. The van der Waals surface area contributed by atoms with Crippen molar-refractivity contribution in [1.29, 1.82) is 0 Å². The first-order valence-corrected chi connectivity index (χ1v) is 12.6. The molecule has 0 aliphatic rings. The molecule has 2 aromatic rings. The summed E-state index contributed by atoms with van der Waals surface area (Å²) in [6.07, 6.45) is 0.501. The summed E-state index contributed by atoms with van der Waals surface area (Å²) in [5.74, 6) is -1.94. The van der Waals surface area contributed by atoms with Crippen LogP contribution in [-0.2, 0) is 41.1 Å². The number of hydrogen-bond donors (Lipinski definition) is 0. The smallest absolute Gasteiger partial charge is 0.302 e. The van der Waals surface area contributed by atoms with Crippen LogP contribution in [0.2, 0.25) is 0 Å². The van der Waals surface area contributed by atoms with Crippen LogP contribution in [0.15, 0.2) is 60.7 Å². The molecule has 0 bridgehead atoms. The highest BCUT2D eigenvalue weighted by Gasteiger charge is 2.52. The zero-order chi connectivity index (χ0) is 23.0. The van der Waals surface area contributed by atoms with Crippen molar-refractivity contribution in [1.82, 2.24) is 0 Å². The minimum absolute atomic E-state index is 0.255. The third-order valence-electron chi connectivity index (χ3n) is 4.19. The number of alkyl halides is 3. The quantitative estimate of drug-likeness (QED) is 0.211. The predicted molar refractivity (Wildman–Crippen MR) is 109 cm³/mol. The zero-order valence-corrected chi connectivity index (χ0v) is 18.5. The predicted octanol–water partition coefficient (Wildman–Crippen LogP) is 6.00. The van der Waals surface area contributed by atoms with Crippen LogP contribution >= 0.6 is 7.60 Å². The van der Waals surface area contributed by atoms with Gasteiger partial charge in [0.25, 0.3) is 0 Å². The summed E-state index contributed by atoms with van der Waals surface area (Å²) in [6.45, 7) is 1.23. The van der Waals surface area contributed by atoms with Crippen molar-refractivity contribution in [2.45, 2.75) is 50.8 Å². The molecule has 31 heavy (non-hydrogen) atoms. The van der Waals surface area contributed by atoms with Gasteiger partial charge in [-0.1, -0.05) is 80.4 Å². The molecule has 0 saturated carbocycles. The average Bonchev–Trinajstić information content (AvgIpc) is 2.74. The molecule has 172 valence electrons. The van der Waals surface area contributed by atoms with Gasteiger partial charge in [-0.25, -0.2) is 4.18 Å². The summed E-state index contributed by atoms with van der Waals surface area (Å²) in [7, 11) is -10.5. The van der Waals surface area contributed by atoms with Gasteiger partial charge in [-0.15, -0.1) is 0 Å². The maximum Gasteiger partial charge on any atom is 0.523 e. The summed E-state index contributed by atoms with van der Waals surface area (Å²) in [5, 5.41) is 0.